The van der Waals surface area contributed by atoms with E-state index in [1.807, 2.05) is 0 Å². The second kappa shape index (κ2) is 4.94. The van der Waals surface area contributed by atoms with Crippen molar-refractivity contribution in [1.29, 1.82) is 0 Å². The van der Waals surface area contributed by atoms with Crippen LogP contribution < -0.4 is 11.2 Å². The summed E-state index contributed by atoms with van der Waals surface area (Å²) in [5.41, 5.74) is 9.00. The van der Waals surface area contributed by atoms with Gasteiger partial charge in [0.2, 0.25) is 0 Å². The molecule has 0 fully saturated rings. The van der Waals surface area contributed by atoms with Crippen LogP contribution in [0.15, 0.2) is 32.7 Å². The van der Waals surface area contributed by atoms with Gasteiger partial charge >= 0.3 is 0 Å². The standard InChI is InChI=1S/C10H10BrN3O2S2/c11-6-1-2-9-7(5-6)8(13-14-10(12)17)3-4-18(9,15)16/h1-2,5H,3-4H2,(H3,12,14,17). The third-order valence-electron chi connectivity index (χ3n) is 2.50. The van der Waals surface area contributed by atoms with Gasteiger partial charge in [-0.05, 0) is 30.4 Å². The number of fused-ring (bicyclic) bond motifs is 1. The highest BCUT2D eigenvalue weighted by Crippen LogP contribution is 2.28. The Kier molecular flexibility index (Phi) is 3.69. The number of hydrazone groups is 1. The number of nitrogens with one attached hydrogen (secondary N) is 1. The third kappa shape index (κ3) is 2.70. The molecule has 0 amide bonds. The van der Waals surface area contributed by atoms with E-state index in [1.165, 1.54) is 0 Å². The number of hydrogen-bond acceptors (Lipinski definition) is 4. The number of thiocarbonyl (C=S) groups is 1. The maximum Gasteiger partial charge on any atom is 0.184 e. The topological polar surface area (TPSA) is 84.5 Å². The van der Waals surface area contributed by atoms with Gasteiger partial charge in [0, 0.05) is 16.5 Å². The van der Waals surface area contributed by atoms with E-state index in [0.717, 1.165) is 4.47 Å². The van der Waals surface area contributed by atoms with Crippen LogP contribution in [0.5, 0.6) is 0 Å². The van der Waals surface area contributed by atoms with Gasteiger partial charge in [-0.15, -0.1) is 0 Å². The van der Waals surface area contributed by atoms with Crippen LogP contribution in [0.3, 0.4) is 0 Å². The second-order valence-electron chi connectivity index (χ2n) is 3.74. The highest BCUT2D eigenvalue weighted by molar-refractivity contribution is 9.10. The molecule has 1 aliphatic rings. The number of nitrogens with two attached hydrogens (primary N) is 1. The minimum absolute atomic E-state index is 0.0411. The Labute approximate surface area is 118 Å². The monoisotopic (exact) mass is 347 g/mol. The van der Waals surface area contributed by atoms with Crippen molar-refractivity contribution < 1.29 is 8.42 Å². The molecule has 8 heteroatoms. The normalized spacial score (nSPS) is 19.3. The van der Waals surface area contributed by atoms with Crippen LogP contribution in [0.4, 0.5) is 0 Å². The summed E-state index contributed by atoms with van der Waals surface area (Å²) in [5, 5.41) is 4.09. The van der Waals surface area contributed by atoms with Gasteiger partial charge in [-0.25, -0.2) is 8.42 Å². The van der Waals surface area contributed by atoms with Gasteiger partial charge in [0.25, 0.3) is 0 Å². The van der Waals surface area contributed by atoms with E-state index in [9.17, 15) is 8.42 Å². The van der Waals surface area contributed by atoms with Crippen molar-refractivity contribution in [2.45, 2.75) is 11.3 Å². The number of nitrogens with zero attached hydrogens (tertiary/aromatic N) is 1. The van der Waals surface area contributed by atoms with E-state index in [1.54, 1.807) is 18.2 Å². The van der Waals surface area contributed by atoms with Crippen LogP contribution in [-0.2, 0) is 9.84 Å². The van der Waals surface area contributed by atoms with Crippen molar-refractivity contribution in [2.24, 2.45) is 10.8 Å². The smallest absolute Gasteiger partial charge is 0.184 e. The van der Waals surface area contributed by atoms with Crippen LogP contribution in [0.1, 0.15) is 12.0 Å². The maximum absolute atomic E-state index is 11.9. The first-order chi connectivity index (χ1) is 8.40. The van der Waals surface area contributed by atoms with E-state index in [4.69, 9.17) is 5.73 Å². The summed E-state index contributed by atoms with van der Waals surface area (Å²) in [6.45, 7) is 0. The fourth-order valence-electron chi connectivity index (χ4n) is 1.71. The minimum atomic E-state index is -3.22. The van der Waals surface area contributed by atoms with E-state index in [2.05, 4.69) is 38.7 Å². The Balaban J connectivity index is 2.54. The molecule has 0 radical (unpaired) electrons. The molecule has 0 bridgehead atoms. The van der Waals surface area contributed by atoms with Gasteiger partial charge in [-0.1, -0.05) is 15.9 Å². The molecule has 0 saturated carbocycles. The van der Waals surface area contributed by atoms with E-state index in [-0.39, 0.29) is 10.9 Å². The van der Waals surface area contributed by atoms with Crippen LogP contribution in [0.2, 0.25) is 0 Å². The Morgan fingerprint density at radius 1 is 1.50 bits per heavy atom. The molecule has 5 nitrogen and oxygen atoms in total. The fourth-order valence-corrected chi connectivity index (χ4v) is 3.59. The zero-order valence-electron chi connectivity index (χ0n) is 9.18. The van der Waals surface area contributed by atoms with Crippen molar-refractivity contribution in [3.63, 3.8) is 0 Å². The molecule has 18 heavy (non-hydrogen) atoms. The van der Waals surface area contributed by atoms with Gasteiger partial charge in [0.1, 0.15) is 0 Å². The average molecular weight is 348 g/mol. The summed E-state index contributed by atoms with van der Waals surface area (Å²) in [7, 11) is -3.22. The third-order valence-corrected chi connectivity index (χ3v) is 4.85. The Bertz CT molecular complexity index is 641. The predicted molar refractivity (Wildman–Crippen MR) is 77.3 cm³/mol. The van der Waals surface area contributed by atoms with Crippen molar-refractivity contribution >= 4 is 48.8 Å². The van der Waals surface area contributed by atoms with Crippen LogP contribution in [0, 0.1) is 0 Å². The largest absolute Gasteiger partial charge is 0.375 e. The molecular weight excluding hydrogens is 338 g/mol. The van der Waals surface area contributed by atoms with Gasteiger partial charge in [-0.2, -0.15) is 5.10 Å². The first-order valence-corrected chi connectivity index (χ1v) is 7.90. The number of halogens is 1. The number of hydrogen-bond donors (Lipinski definition) is 2. The summed E-state index contributed by atoms with van der Waals surface area (Å²) >= 11 is 7.98. The second-order valence-corrected chi connectivity index (χ2v) is 7.18. The quantitative estimate of drug-likeness (QED) is 0.588. The molecule has 0 aliphatic carbocycles. The molecule has 96 valence electrons. The Morgan fingerprint density at radius 2 is 2.22 bits per heavy atom. The van der Waals surface area contributed by atoms with Crippen LogP contribution in [-0.4, -0.2) is 25.0 Å². The molecule has 1 aromatic carbocycles. The molecule has 2 rings (SSSR count). The van der Waals surface area contributed by atoms with Gasteiger partial charge < -0.3 is 5.73 Å². The molecule has 3 N–H and O–H groups in total. The highest BCUT2D eigenvalue weighted by Gasteiger charge is 2.27. The van der Waals surface area contributed by atoms with Gasteiger partial charge in [-0.3, -0.25) is 5.43 Å². The van der Waals surface area contributed by atoms with E-state index >= 15 is 0 Å². The lowest BCUT2D eigenvalue weighted by molar-refractivity contribution is 0.594. The summed E-state index contributed by atoms with van der Waals surface area (Å²) in [6, 6.07) is 5.00. The van der Waals surface area contributed by atoms with Gasteiger partial charge in [0.15, 0.2) is 14.9 Å². The molecule has 0 atom stereocenters. The summed E-state index contributed by atoms with van der Waals surface area (Å²) in [4.78, 5) is 0.292. The molecule has 0 saturated heterocycles. The molecule has 0 spiro atoms. The minimum Gasteiger partial charge on any atom is -0.375 e. The van der Waals surface area contributed by atoms with Crippen molar-refractivity contribution in [3.05, 3.63) is 28.2 Å². The Hall–Kier alpha value is -0.990. The molecule has 1 aliphatic heterocycles. The van der Waals surface area contributed by atoms with Gasteiger partial charge in [0.05, 0.1) is 16.4 Å². The first-order valence-electron chi connectivity index (χ1n) is 5.05. The zero-order valence-corrected chi connectivity index (χ0v) is 12.4. The van der Waals surface area contributed by atoms with Crippen LogP contribution >= 0.6 is 28.1 Å². The Morgan fingerprint density at radius 3 is 2.89 bits per heavy atom. The average Bonchev–Trinajstić information content (AvgIpc) is 2.27. The van der Waals surface area contributed by atoms with E-state index < -0.39 is 9.84 Å². The van der Waals surface area contributed by atoms with Crippen molar-refractivity contribution in [2.75, 3.05) is 5.75 Å². The summed E-state index contributed by atoms with van der Waals surface area (Å²) < 4.78 is 24.6. The summed E-state index contributed by atoms with van der Waals surface area (Å²) in [5.74, 6) is 0.0411. The maximum atomic E-state index is 11.9. The molecule has 1 heterocycles. The molecular formula is C10H10BrN3O2S2. The lowest BCUT2D eigenvalue weighted by atomic mass is 10.1. The molecule has 0 unspecified atom stereocenters. The SMILES string of the molecule is NC(=S)NN=C1CCS(=O)(=O)c2ccc(Br)cc21. The fraction of sp³-hybridized carbons (Fsp3) is 0.200. The highest BCUT2D eigenvalue weighted by atomic mass is 79.9. The number of rotatable bonds is 1. The van der Waals surface area contributed by atoms with E-state index in [0.29, 0.717) is 22.6 Å². The zero-order chi connectivity index (χ0) is 13.3. The summed E-state index contributed by atoms with van der Waals surface area (Å²) in [6.07, 6.45) is 0.335. The number of benzene rings is 1. The molecule has 0 aromatic heterocycles. The van der Waals surface area contributed by atoms with Crippen LogP contribution in [0.25, 0.3) is 0 Å². The molecule has 1 aromatic rings. The predicted octanol–water partition coefficient (Wildman–Crippen LogP) is 1.16. The van der Waals surface area contributed by atoms with Crippen molar-refractivity contribution in [1.82, 2.24) is 5.43 Å². The lowest BCUT2D eigenvalue weighted by Crippen LogP contribution is -2.28. The number of sulfone groups is 1. The first kappa shape index (κ1) is 13.4. The lowest BCUT2D eigenvalue weighted by Gasteiger charge is -2.18. The van der Waals surface area contributed by atoms with Crippen molar-refractivity contribution in [3.8, 4) is 0 Å².